The third-order valence-corrected chi connectivity index (χ3v) is 4.24. The average molecular weight is 271 g/mol. The summed E-state index contributed by atoms with van der Waals surface area (Å²) in [6.45, 7) is 3.24. The highest BCUT2D eigenvalue weighted by molar-refractivity contribution is 7.87. The molecular weight excluding hydrogens is 250 g/mol. The van der Waals surface area contributed by atoms with Crippen molar-refractivity contribution in [1.82, 2.24) is 9.03 Å². The van der Waals surface area contributed by atoms with Gasteiger partial charge in [-0.25, -0.2) is 4.72 Å². The lowest BCUT2D eigenvalue weighted by Gasteiger charge is -2.21. The van der Waals surface area contributed by atoms with E-state index in [0.29, 0.717) is 32.6 Å². The van der Waals surface area contributed by atoms with E-state index in [1.54, 1.807) is 6.92 Å². The number of rotatable bonds is 8. The predicted molar refractivity (Wildman–Crippen MR) is 73.4 cm³/mol. The van der Waals surface area contributed by atoms with Crippen LogP contribution in [0.5, 0.6) is 0 Å². The van der Waals surface area contributed by atoms with Crippen LogP contribution in [0.25, 0.3) is 0 Å². The van der Waals surface area contributed by atoms with Crippen molar-refractivity contribution >= 4 is 10.2 Å². The number of nitrogens with two attached hydrogens (primary N) is 1. The molecule has 0 saturated heterocycles. The first kappa shape index (κ1) is 15.1. The molecule has 0 heterocycles. The fourth-order valence-corrected chi connectivity index (χ4v) is 2.89. The Labute approximate surface area is 109 Å². The van der Waals surface area contributed by atoms with Gasteiger partial charge >= 0.3 is 0 Å². The standard InChI is InChI=1S/C12H21N3O2S/c1-2-14-18(16,17)15(11-9-13)10-8-12-6-4-3-5-7-12/h3-7,14H,2,8-11,13H2,1H3. The maximum Gasteiger partial charge on any atom is 0.279 e. The summed E-state index contributed by atoms with van der Waals surface area (Å²) in [5, 5.41) is 0. The summed E-state index contributed by atoms with van der Waals surface area (Å²) in [6, 6.07) is 9.81. The van der Waals surface area contributed by atoms with Crippen molar-refractivity contribution in [2.45, 2.75) is 13.3 Å². The molecule has 0 amide bonds. The molecule has 5 nitrogen and oxygen atoms in total. The minimum Gasteiger partial charge on any atom is -0.329 e. The quantitative estimate of drug-likeness (QED) is 0.716. The van der Waals surface area contributed by atoms with Crippen molar-refractivity contribution in [3.8, 4) is 0 Å². The van der Waals surface area contributed by atoms with Crippen molar-refractivity contribution in [2.24, 2.45) is 5.73 Å². The summed E-state index contributed by atoms with van der Waals surface area (Å²) >= 11 is 0. The average Bonchev–Trinajstić information content (AvgIpc) is 2.35. The van der Waals surface area contributed by atoms with Crippen LogP contribution in [-0.2, 0) is 16.6 Å². The van der Waals surface area contributed by atoms with Crippen LogP contribution in [0.2, 0.25) is 0 Å². The smallest absolute Gasteiger partial charge is 0.279 e. The molecule has 0 aromatic heterocycles. The van der Waals surface area contributed by atoms with Crippen molar-refractivity contribution in [3.63, 3.8) is 0 Å². The third kappa shape index (κ3) is 4.73. The minimum absolute atomic E-state index is 0.319. The maximum atomic E-state index is 11.9. The molecule has 0 atom stereocenters. The molecule has 18 heavy (non-hydrogen) atoms. The molecule has 0 unspecified atom stereocenters. The van der Waals surface area contributed by atoms with Gasteiger partial charge in [0, 0.05) is 26.2 Å². The molecule has 3 N–H and O–H groups in total. The summed E-state index contributed by atoms with van der Waals surface area (Å²) in [5.74, 6) is 0. The summed E-state index contributed by atoms with van der Waals surface area (Å²) < 4.78 is 27.7. The number of nitrogens with zero attached hydrogens (tertiary/aromatic N) is 1. The van der Waals surface area contributed by atoms with E-state index in [4.69, 9.17) is 5.73 Å². The molecule has 102 valence electrons. The first-order chi connectivity index (χ1) is 8.60. The Morgan fingerprint density at radius 1 is 1.22 bits per heavy atom. The molecule has 1 rings (SSSR count). The monoisotopic (exact) mass is 271 g/mol. The molecule has 0 fully saturated rings. The second-order valence-electron chi connectivity index (χ2n) is 3.93. The highest BCUT2D eigenvalue weighted by Gasteiger charge is 2.19. The van der Waals surface area contributed by atoms with Crippen LogP contribution in [0, 0.1) is 0 Å². The van der Waals surface area contributed by atoms with E-state index < -0.39 is 10.2 Å². The van der Waals surface area contributed by atoms with Gasteiger partial charge in [-0.3, -0.25) is 0 Å². The summed E-state index contributed by atoms with van der Waals surface area (Å²) in [7, 11) is -3.40. The minimum atomic E-state index is -3.40. The van der Waals surface area contributed by atoms with Gasteiger partial charge in [0.05, 0.1) is 0 Å². The molecule has 0 aliphatic carbocycles. The molecule has 0 aliphatic heterocycles. The van der Waals surface area contributed by atoms with Gasteiger partial charge in [-0.05, 0) is 12.0 Å². The van der Waals surface area contributed by atoms with Crippen LogP contribution in [-0.4, -0.2) is 38.9 Å². The molecule has 6 heteroatoms. The lowest BCUT2D eigenvalue weighted by molar-refractivity contribution is 0.414. The fourth-order valence-electron chi connectivity index (χ4n) is 1.67. The van der Waals surface area contributed by atoms with Crippen LogP contribution in [0.3, 0.4) is 0 Å². The van der Waals surface area contributed by atoms with Gasteiger partial charge in [0.15, 0.2) is 0 Å². The summed E-state index contributed by atoms with van der Waals surface area (Å²) in [4.78, 5) is 0. The second kappa shape index (κ2) is 7.48. The third-order valence-electron chi connectivity index (χ3n) is 2.54. The van der Waals surface area contributed by atoms with E-state index >= 15 is 0 Å². The normalized spacial score (nSPS) is 11.9. The maximum absolute atomic E-state index is 11.9. The highest BCUT2D eigenvalue weighted by atomic mass is 32.2. The Hall–Kier alpha value is -0.950. The van der Waals surface area contributed by atoms with Gasteiger partial charge in [0.25, 0.3) is 10.2 Å². The highest BCUT2D eigenvalue weighted by Crippen LogP contribution is 2.04. The van der Waals surface area contributed by atoms with Crippen molar-refractivity contribution in [2.75, 3.05) is 26.2 Å². The van der Waals surface area contributed by atoms with Crippen LogP contribution < -0.4 is 10.5 Å². The zero-order valence-corrected chi connectivity index (χ0v) is 11.5. The SMILES string of the molecule is CCNS(=O)(=O)N(CCN)CCc1ccccc1. The van der Waals surface area contributed by atoms with E-state index in [0.717, 1.165) is 5.56 Å². The van der Waals surface area contributed by atoms with Gasteiger partial charge in [-0.15, -0.1) is 0 Å². The van der Waals surface area contributed by atoms with Gasteiger partial charge in [-0.2, -0.15) is 12.7 Å². The molecular formula is C12H21N3O2S. The Kier molecular flexibility index (Phi) is 6.28. The van der Waals surface area contributed by atoms with E-state index in [1.165, 1.54) is 4.31 Å². The van der Waals surface area contributed by atoms with Gasteiger partial charge < -0.3 is 5.73 Å². The lowest BCUT2D eigenvalue weighted by atomic mass is 10.1. The number of benzene rings is 1. The van der Waals surface area contributed by atoms with E-state index in [9.17, 15) is 8.42 Å². The first-order valence-corrected chi connectivity index (χ1v) is 7.53. The molecule has 0 saturated carbocycles. The Bertz CT molecular complexity index is 434. The fraction of sp³-hybridized carbons (Fsp3) is 0.500. The first-order valence-electron chi connectivity index (χ1n) is 6.09. The van der Waals surface area contributed by atoms with Gasteiger partial charge in [0.1, 0.15) is 0 Å². The van der Waals surface area contributed by atoms with Crippen LogP contribution in [0.4, 0.5) is 0 Å². The molecule has 1 aromatic rings. The lowest BCUT2D eigenvalue weighted by Crippen LogP contribution is -2.44. The van der Waals surface area contributed by atoms with E-state index in [2.05, 4.69) is 4.72 Å². The molecule has 0 spiro atoms. The topological polar surface area (TPSA) is 75.4 Å². The molecule has 0 aliphatic rings. The Balaban J connectivity index is 2.64. The number of hydrogen-bond acceptors (Lipinski definition) is 3. The molecule has 0 radical (unpaired) electrons. The van der Waals surface area contributed by atoms with Crippen molar-refractivity contribution in [3.05, 3.63) is 35.9 Å². The van der Waals surface area contributed by atoms with E-state index in [1.807, 2.05) is 30.3 Å². The van der Waals surface area contributed by atoms with Crippen molar-refractivity contribution < 1.29 is 8.42 Å². The van der Waals surface area contributed by atoms with Crippen LogP contribution >= 0.6 is 0 Å². The number of hydrogen-bond donors (Lipinski definition) is 2. The largest absolute Gasteiger partial charge is 0.329 e. The Morgan fingerprint density at radius 3 is 2.44 bits per heavy atom. The second-order valence-corrected chi connectivity index (χ2v) is 5.68. The summed E-state index contributed by atoms with van der Waals surface area (Å²) in [6.07, 6.45) is 0.686. The van der Waals surface area contributed by atoms with Crippen LogP contribution in [0.1, 0.15) is 12.5 Å². The van der Waals surface area contributed by atoms with Crippen LogP contribution in [0.15, 0.2) is 30.3 Å². The Morgan fingerprint density at radius 2 is 1.89 bits per heavy atom. The zero-order chi connectivity index (χ0) is 13.4. The molecule has 1 aromatic carbocycles. The number of nitrogens with one attached hydrogen (secondary N) is 1. The predicted octanol–water partition coefficient (Wildman–Crippen LogP) is 0.344. The van der Waals surface area contributed by atoms with E-state index in [-0.39, 0.29) is 0 Å². The zero-order valence-electron chi connectivity index (χ0n) is 10.7. The van der Waals surface area contributed by atoms with Gasteiger partial charge in [0.2, 0.25) is 0 Å². The summed E-state index contributed by atoms with van der Waals surface area (Å²) in [5.41, 5.74) is 6.57. The molecule has 0 bridgehead atoms. The van der Waals surface area contributed by atoms with Crippen molar-refractivity contribution in [1.29, 1.82) is 0 Å². The van der Waals surface area contributed by atoms with Gasteiger partial charge in [-0.1, -0.05) is 37.3 Å².